The molecule has 0 bridgehead atoms. The molecule has 1 aliphatic heterocycles. The topological polar surface area (TPSA) is 152 Å². The Bertz CT molecular complexity index is 1110. The highest BCUT2D eigenvalue weighted by atomic mass is 16.7. The summed E-state index contributed by atoms with van der Waals surface area (Å²) in [7, 11) is 0. The quantitative estimate of drug-likeness (QED) is 0.0209. The monoisotopic (exact) mass is 805 g/mol. The Morgan fingerprint density at radius 3 is 1.63 bits per heavy atom. The van der Waals surface area contributed by atoms with Crippen molar-refractivity contribution in [2.45, 2.75) is 205 Å². The fourth-order valence-corrected chi connectivity index (χ4v) is 6.43. The summed E-state index contributed by atoms with van der Waals surface area (Å²) < 4.78 is 22.1. The minimum absolute atomic E-state index is 0.181. The second kappa shape index (κ2) is 37.7. The summed E-state index contributed by atoms with van der Waals surface area (Å²) in [4.78, 5) is 25.3. The highest BCUT2D eigenvalue weighted by Crippen LogP contribution is 2.22. The summed E-state index contributed by atoms with van der Waals surface area (Å²) in [6.07, 6.45) is 38.1. The van der Waals surface area contributed by atoms with E-state index in [1.165, 1.54) is 77.0 Å². The van der Waals surface area contributed by atoms with Gasteiger partial charge in [0.15, 0.2) is 12.4 Å². The van der Waals surface area contributed by atoms with Gasteiger partial charge in [-0.1, -0.05) is 158 Å². The van der Waals surface area contributed by atoms with Crippen molar-refractivity contribution in [1.82, 2.24) is 0 Å². The van der Waals surface area contributed by atoms with Gasteiger partial charge in [0, 0.05) is 12.8 Å². The summed E-state index contributed by atoms with van der Waals surface area (Å²) in [6, 6.07) is 0. The van der Waals surface area contributed by atoms with E-state index in [4.69, 9.17) is 18.9 Å². The minimum atomic E-state index is -1.60. The molecule has 1 heterocycles. The predicted molar refractivity (Wildman–Crippen MR) is 228 cm³/mol. The molecule has 0 aliphatic carbocycles. The van der Waals surface area contributed by atoms with Crippen LogP contribution in [0, 0.1) is 0 Å². The van der Waals surface area contributed by atoms with E-state index < -0.39 is 55.4 Å². The smallest absolute Gasteiger partial charge is 0.306 e. The number of rotatable bonds is 36. The Kier molecular flexibility index (Phi) is 34.6. The fourth-order valence-electron chi connectivity index (χ4n) is 6.43. The molecule has 6 atom stereocenters. The molecule has 1 saturated heterocycles. The number of hydrogen-bond donors (Lipinski definition) is 4. The Morgan fingerprint density at radius 1 is 0.561 bits per heavy atom. The summed E-state index contributed by atoms with van der Waals surface area (Å²) in [5.41, 5.74) is 0. The normalized spacial score (nSPS) is 20.8. The number of allylic oxidation sites excluding steroid dienone is 10. The van der Waals surface area contributed by atoms with Crippen LogP contribution >= 0.6 is 0 Å². The van der Waals surface area contributed by atoms with Crippen LogP contribution in [0.3, 0.4) is 0 Å². The number of esters is 2. The zero-order valence-corrected chi connectivity index (χ0v) is 35.6. The molecule has 10 heteroatoms. The Balaban J connectivity index is 2.33. The summed E-state index contributed by atoms with van der Waals surface area (Å²) >= 11 is 0. The number of hydrogen-bond acceptors (Lipinski definition) is 10. The molecule has 0 spiro atoms. The lowest BCUT2D eigenvalue weighted by atomic mass is 9.99. The standard InChI is InChI=1S/C47H80O10/c1-3-5-7-9-11-13-15-17-18-19-20-21-22-24-25-27-29-31-33-35-42(49)54-38-40(39-55-47-46(53)45(52)44(51)41(37-48)57-47)56-43(50)36-34-32-30-28-26-23-16-14-12-10-8-6-4-2/h6,8,10,12,14,16,19-20,23,26,40-41,44-48,51-53H,3-5,7,9,11,13,15,17-18,21-22,24-25,27-39H2,1-2H3/b8-6+,12-10+,16-14+,20-19+,26-23+/t40?,41-,44+,45?,46?,47-/m0/s1. The lowest BCUT2D eigenvalue weighted by molar-refractivity contribution is -0.305. The number of unbranched alkanes of at least 4 members (excludes halogenated alkanes) is 18. The van der Waals surface area contributed by atoms with E-state index in [-0.39, 0.29) is 26.1 Å². The third-order valence-electron chi connectivity index (χ3n) is 9.98. The number of carbonyl (C=O) groups excluding carboxylic acids is 2. The van der Waals surface area contributed by atoms with Crippen molar-refractivity contribution < 1.29 is 49.0 Å². The van der Waals surface area contributed by atoms with E-state index in [9.17, 15) is 30.0 Å². The fraction of sp³-hybridized carbons (Fsp3) is 0.745. The van der Waals surface area contributed by atoms with E-state index in [0.29, 0.717) is 12.8 Å². The average Bonchev–Trinajstić information content (AvgIpc) is 3.21. The maximum atomic E-state index is 12.7. The van der Waals surface area contributed by atoms with Crippen molar-refractivity contribution in [3.05, 3.63) is 60.8 Å². The molecule has 0 amide bonds. The maximum Gasteiger partial charge on any atom is 0.306 e. The first-order valence-electron chi connectivity index (χ1n) is 22.4. The van der Waals surface area contributed by atoms with Gasteiger partial charge in [0.2, 0.25) is 0 Å². The largest absolute Gasteiger partial charge is 0.462 e. The van der Waals surface area contributed by atoms with Gasteiger partial charge in [0.05, 0.1) is 13.2 Å². The number of carbonyl (C=O) groups is 2. The third-order valence-corrected chi connectivity index (χ3v) is 9.98. The minimum Gasteiger partial charge on any atom is -0.462 e. The van der Waals surface area contributed by atoms with Gasteiger partial charge in [-0.05, 0) is 57.8 Å². The molecular formula is C47H80O10. The lowest BCUT2D eigenvalue weighted by Crippen LogP contribution is -2.59. The van der Waals surface area contributed by atoms with Gasteiger partial charge in [-0.25, -0.2) is 0 Å². The molecule has 1 fully saturated rings. The van der Waals surface area contributed by atoms with Crippen LogP contribution in [0.5, 0.6) is 0 Å². The molecule has 0 saturated carbocycles. The van der Waals surface area contributed by atoms with Crippen molar-refractivity contribution in [2.24, 2.45) is 0 Å². The van der Waals surface area contributed by atoms with Gasteiger partial charge in [0.25, 0.3) is 0 Å². The van der Waals surface area contributed by atoms with Crippen molar-refractivity contribution in [1.29, 1.82) is 0 Å². The van der Waals surface area contributed by atoms with Gasteiger partial charge in [-0.15, -0.1) is 0 Å². The first kappa shape index (κ1) is 52.4. The van der Waals surface area contributed by atoms with E-state index >= 15 is 0 Å². The second-order valence-corrected chi connectivity index (χ2v) is 15.2. The Morgan fingerprint density at radius 2 is 1.05 bits per heavy atom. The van der Waals surface area contributed by atoms with Crippen molar-refractivity contribution >= 4 is 11.9 Å². The highest BCUT2D eigenvalue weighted by molar-refractivity contribution is 5.70. The van der Waals surface area contributed by atoms with Crippen LogP contribution in [0.2, 0.25) is 0 Å². The molecule has 1 aliphatic rings. The zero-order chi connectivity index (χ0) is 41.6. The molecular weight excluding hydrogens is 725 g/mol. The summed E-state index contributed by atoms with van der Waals surface area (Å²) in [5.74, 6) is -0.861. The van der Waals surface area contributed by atoms with Crippen molar-refractivity contribution in [3.8, 4) is 0 Å². The van der Waals surface area contributed by atoms with E-state index in [2.05, 4.69) is 38.2 Å². The van der Waals surface area contributed by atoms with Crippen LogP contribution < -0.4 is 0 Å². The van der Waals surface area contributed by atoms with Crippen LogP contribution in [-0.2, 0) is 28.5 Å². The van der Waals surface area contributed by atoms with Crippen molar-refractivity contribution in [3.63, 3.8) is 0 Å². The molecule has 0 aromatic rings. The van der Waals surface area contributed by atoms with Crippen LogP contribution in [-0.4, -0.2) is 89.0 Å². The lowest BCUT2D eigenvalue weighted by Gasteiger charge is -2.39. The van der Waals surface area contributed by atoms with Gasteiger partial charge in [0.1, 0.15) is 31.0 Å². The van der Waals surface area contributed by atoms with Crippen LogP contribution in [0.1, 0.15) is 168 Å². The second-order valence-electron chi connectivity index (χ2n) is 15.2. The van der Waals surface area contributed by atoms with Crippen molar-refractivity contribution in [2.75, 3.05) is 19.8 Å². The molecule has 328 valence electrons. The Labute approximate surface area is 345 Å². The molecule has 3 unspecified atom stereocenters. The molecule has 57 heavy (non-hydrogen) atoms. The van der Waals surface area contributed by atoms with Gasteiger partial charge < -0.3 is 39.4 Å². The molecule has 1 rings (SSSR count). The van der Waals surface area contributed by atoms with Crippen LogP contribution in [0.25, 0.3) is 0 Å². The van der Waals surface area contributed by atoms with Crippen LogP contribution in [0.15, 0.2) is 60.8 Å². The summed E-state index contributed by atoms with van der Waals surface area (Å²) in [6.45, 7) is 3.23. The predicted octanol–water partition coefficient (Wildman–Crippen LogP) is 9.44. The number of aliphatic hydroxyl groups is 4. The molecule has 0 aromatic heterocycles. The maximum absolute atomic E-state index is 12.7. The third kappa shape index (κ3) is 29.3. The number of aliphatic hydroxyl groups excluding tert-OH is 4. The molecule has 10 nitrogen and oxygen atoms in total. The molecule has 0 radical (unpaired) electrons. The molecule has 0 aromatic carbocycles. The van der Waals surface area contributed by atoms with E-state index in [1.54, 1.807) is 0 Å². The first-order chi connectivity index (χ1) is 27.8. The van der Waals surface area contributed by atoms with Gasteiger partial charge in [-0.3, -0.25) is 9.59 Å². The first-order valence-corrected chi connectivity index (χ1v) is 22.4. The van der Waals surface area contributed by atoms with Crippen LogP contribution in [0.4, 0.5) is 0 Å². The molecule has 4 N–H and O–H groups in total. The van der Waals surface area contributed by atoms with E-state index in [1.807, 2.05) is 36.5 Å². The van der Waals surface area contributed by atoms with Gasteiger partial charge >= 0.3 is 11.9 Å². The van der Waals surface area contributed by atoms with E-state index in [0.717, 1.165) is 51.4 Å². The number of ether oxygens (including phenoxy) is 4. The van der Waals surface area contributed by atoms with Gasteiger partial charge in [-0.2, -0.15) is 0 Å². The highest BCUT2D eigenvalue weighted by Gasteiger charge is 2.44. The summed E-state index contributed by atoms with van der Waals surface area (Å²) in [5, 5.41) is 40.0. The zero-order valence-electron chi connectivity index (χ0n) is 35.6. The SMILES string of the molecule is CC/C=C/C=C/C=C/C=C/CCCCCC(=O)OC(COC(=O)CCCCCCCCC/C=C/CCCCCCCCCC)CO[C@H]1O[C@@H](CO)[C@@H](O)C(O)C1O. The average molecular weight is 805 g/mol. The Hall–Kier alpha value is -2.60.